The third-order valence-electron chi connectivity index (χ3n) is 3.35. The van der Waals surface area contributed by atoms with Crippen LogP contribution in [0.5, 0.6) is 0 Å². The highest BCUT2D eigenvalue weighted by molar-refractivity contribution is 7.91. The predicted octanol–water partition coefficient (Wildman–Crippen LogP) is 1.00. The average molecular weight is 334 g/mol. The minimum Gasteiger partial charge on any atom is -0.385 e. The molecule has 0 saturated carbocycles. The van der Waals surface area contributed by atoms with Crippen LogP contribution >= 0.6 is 11.3 Å². The number of nitrogen functional groups attached to an aromatic ring is 1. The lowest BCUT2D eigenvalue weighted by Crippen LogP contribution is -2.37. The molecule has 1 aromatic heterocycles. The van der Waals surface area contributed by atoms with Gasteiger partial charge in [0.15, 0.2) is 5.00 Å². The molecule has 118 valence electrons. The highest BCUT2D eigenvalue weighted by Crippen LogP contribution is 2.34. The van der Waals surface area contributed by atoms with Gasteiger partial charge in [0.25, 0.3) is 0 Å². The summed E-state index contributed by atoms with van der Waals surface area (Å²) >= 11 is 0.708. The van der Waals surface area contributed by atoms with E-state index in [9.17, 15) is 18.5 Å². The molecule has 1 saturated heterocycles. The summed E-state index contributed by atoms with van der Waals surface area (Å²) in [6, 6.07) is 1.00. The van der Waals surface area contributed by atoms with E-state index in [1.54, 1.807) is 0 Å². The minimum absolute atomic E-state index is 0.101. The second-order valence-corrected chi connectivity index (χ2v) is 7.95. The minimum atomic E-state index is -3.74. The lowest BCUT2D eigenvalue weighted by molar-refractivity contribution is -0.383. The van der Waals surface area contributed by atoms with Crippen molar-refractivity contribution in [1.29, 1.82) is 0 Å². The first-order valence-electron chi connectivity index (χ1n) is 6.66. The molecule has 0 aromatic carbocycles. The number of nitrogens with one attached hydrogen (secondary N) is 1. The average Bonchev–Trinajstić information content (AvgIpc) is 2.83. The van der Waals surface area contributed by atoms with Gasteiger partial charge in [-0.3, -0.25) is 10.1 Å². The fraction of sp³-hybridized carbons (Fsp3) is 0.636. The number of nitrogens with zero attached hydrogens (tertiary/aromatic N) is 2. The molecule has 0 unspecified atom stereocenters. The maximum Gasteiger partial charge on any atom is 0.304 e. The molecule has 2 rings (SSSR count). The van der Waals surface area contributed by atoms with Crippen LogP contribution in [-0.2, 0) is 10.0 Å². The maximum absolute atomic E-state index is 12.1. The maximum atomic E-state index is 12.1. The summed E-state index contributed by atoms with van der Waals surface area (Å²) < 4.78 is 26.5. The third-order valence-corrected chi connectivity index (χ3v) is 6.24. The number of nitro groups is 1. The number of hydrogen-bond acceptors (Lipinski definition) is 7. The summed E-state index contributed by atoms with van der Waals surface area (Å²) in [6.07, 6.45) is 3.50. The van der Waals surface area contributed by atoms with Crippen molar-refractivity contribution < 1.29 is 13.3 Å². The van der Waals surface area contributed by atoms with Crippen molar-refractivity contribution in [1.82, 2.24) is 9.62 Å². The van der Waals surface area contributed by atoms with Gasteiger partial charge < -0.3 is 10.6 Å². The predicted molar refractivity (Wildman–Crippen MR) is 80.9 cm³/mol. The third kappa shape index (κ3) is 4.13. The normalized spacial score (nSPS) is 17.0. The Labute approximate surface area is 127 Å². The summed E-state index contributed by atoms with van der Waals surface area (Å²) in [5.41, 5.74) is 5.10. The molecule has 10 heteroatoms. The molecule has 1 fully saturated rings. The smallest absolute Gasteiger partial charge is 0.304 e. The van der Waals surface area contributed by atoms with Crippen LogP contribution in [0.15, 0.2) is 10.3 Å². The number of hydrogen-bond donors (Lipinski definition) is 2. The van der Waals surface area contributed by atoms with Crippen LogP contribution in [0, 0.1) is 10.1 Å². The first-order chi connectivity index (χ1) is 9.90. The molecule has 3 N–H and O–H groups in total. The van der Waals surface area contributed by atoms with Gasteiger partial charge in [-0.2, -0.15) is 0 Å². The van der Waals surface area contributed by atoms with Crippen LogP contribution in [0.25, 0.3) is 0 Å². The van der Waals surface area contributed by atoms with Crippen LogP contribution in [0.4, 0.5) is 10.7 Å². The lowest BCUT2D eigenvalue weighted by Gasteiger charge is -2.26. The summed E-state index contributed by atoms with van der Waals surface area (Å²) in [5.74, 6) is 0. The quantitative estimate of drug-likeness (QED) is 0.592. The Kier molecular flexibility index (Phi) is 5.14. The number of piperidine rings is 1. The van der Waals surface area contributed by atoms with Gasteiger partial charge in [0.2, 0.25) is 10.0 Å². The van der Waals surface area contributed by atoms with Crippen LogP contribution in [0.2, 0.25) is 0 Å². The second-order valence-electron chi connectivity index (χ2n) is 4.87. The Hall–Kier alpha value is -1.23. The molecule has 0 bridgehead atoms. The van der Waals surface area contributed by atoms with Gasteiger partial charge in [0.1, 0.15) is 4.21 Å². The van der Waals surface area contributed by atoms with Gasteiger partial charge in [-0.05, 0) is 25.9 Å². The van der Waals surface area contributed by atoms with Crippen LogP contribution in [-0.4, -0.2) is 44.4 Å². The zero-order valence-corrected chi connectivity index (χ0v) is 13.1. The van der Waals surface area contributed by atoms with E-state index in [0.717, 1.165) is 32.0 Å². The van der Waals surface area contributed by atoms with Crippen molar-refractivity contribution in [3.63, 3.8) is 0 Å². The Balaban J connectivity index is 1.95. The highest BCUT2D eigenvalue weighted by Gasteiger charge is 2.24. The molecule has 8 nitrogen and oxygen atoms in total. The Morgan fingerprint density at radius 1 is 1.38 bits per heavy atom. The summed E-state index contributed by atoms with van der Waals surface area (Å²) in [7, 11) is -3.74. The van der Waals surface area contributed by atoms with Gasteiger partial charge >= 0.3 is 5.69 Å². The van der Waals surface area contributed by atoms with Gasteiger partial charge in [0, 0.05) is 19.2 Å². The molecular formula is C11H18N4O4S2. The van der Waals surface area contributed by atoms with Crippen LogP contribution in [0.1, 0.15) is 19.3 Å². The van der Waals surface area contributed by atoms with Gasteiger partial charge in [-0.25, -0.2) is 13.1 Å². The number of nitrogens with two attached hydrogens (primary N) is 1. The van der Waals surface area contributed by atoms with Gasteiger partial charge in [-0.15, -0.1) is 0 Å². The van der Waals surface area contributed by atoms with Crippen molar-refractivity contribution >= 4 is 32.0 Å². The molecule has 0 amide bonds. The Bertz CT molecular complexity index is 608. The molecule has 2 heterocycles. The Morgan fingerprint density at radius 2 is 2.05 bits per heavy atom. The van der Waals surface area contributed by atoms with Gasteiger partial charge in [-0.1, -0.05) is 17.8 Å². The van der Waals surface area contributed by atoms with Crippen LogP contribution < -0.4 is 10.5 Å². The molecule has 21 heavy (non-hydrogen) atoms. The fourth-order valence-corrected chi connectivity index (χ4v) is 4.52. The zero-order chi connectivity index (χ0) is 15.5. The Morgan fingerprint density at radius 3 is 2.62 bits per heavy atom. The molecular weight excluding hydrogens is 316 g/mol. The van der Waals surface area contributed by atoms with Crippen molar-refractivity contribution in [3.05, 3.63) is 16.2 Å². The first kappa shape index (κ1) is 16.1. The molecule has 1 aliphatic heterocycles. The highest BCUT2D eigenvalue weighted by atomic mass is 32.2. The number of thiophene rings is 1. The van der Waals surface area contributed by atoms with E-state index in [1.807, 2.05) is 0 Å². The monoisotopic (exact) mass is 334 g/mol. The molecule has 0 spiro atoms. The van der Waals surface area contributed by atoms with Crippen molar-refractivity contribution in [3.8, 4) is 0 Å². The van der Waals surface area contributed by atoms with Crippen molar-refractivity contribution in [2.45, 2.75) is 23.5 Å². The van der Waals surface area contributed by atoms with E-state index in [4.69, 9.17) is 5.73 Å². The number of sulfonamides is 1. The molecule has 1 aromatic rings. The van der Waals surface area contributed by atoms with E-state index in [2.05, 4.69) is 9.62 Å². The van der Waals surface area contributed by atoms with Crippen molar-refractivity contribution in [2.24, 2.45) is 0 Å². The van der Waals surface area contributed by atoms with E-state index < -0.39 is 14.9 Å². The lowest BCUT2D eigenvalue weighted by atomic mass is 10.1. The first-order valence-corrected chi connectivity index (χ1v) is 8.96. The fourth-order valence-electron chi connectivity index (χ4n) is 2.24. The van der Waals surface area contributed by atoms with E-state index >= 15 is 0 Å². The SMILES string of the molecule is Nc1sc(S(=O)(=O)NCCN2CCCCC2)cc1[N+](=O)[O-]. The topological polar surface area (TPSA) is 119 Å². The summed E-state index contributed by atoms with van der Waals surface area (Å²) in [6.45, 7) is 2.90. The van der Waals surface area contributed by atoms with E-state index in [0.29, 0.717) is 17.9 Å². The summed E-state index contributed by atoms with van der Waals surface area (Å²) in [4.78, 5) is 12.2. The standard InChI is InChI=1S/C11H18N4O4S2/c12-11-9(15(16)17)8-10(20-11)21(18,19)13-4-7-14-5-2-1-3-6-14/h8,13H,1-7,12H2. The van der Waals surface area contributed by atoms with Crippen molar-refractivity contribution in [2.75, 3.05) is 31.9 Å². The van der Waals surface area contributed by atoms with Gasteiger partial charge in [0.05, 0.1) is 4.92 Å². The zero-order valence-electron chi connectivity index (χ0n) is 11.4. The number of anilines is 1. The second kappa shape index (κ2) is 6.69. The van der Waals surface area contributed by atoms with E-state index in [1.165, 1.54) is 6.42 Å². The largest absolute Gasteiger partial charge is 0.385 e. The molecule has 0 aliphatic carbocycles. The van der Waals surface area contributed by atoms with E-state index in [-0.39, 0.29) is 21.4 Å². The molecule has 0 atom stereocenters. The molecule has 0 radical (unpaired) electrons. The summed E-state index contributed by atoms with van der Waals surface area (Å²) in [5, 5.41) is 10.6. The van der Waals surface area contributed by atoms with Crippen LogP contribution in [0.3, 0.4) is 0 Å². The molecule has 1 aliphatic rings. The number of rotatable bonds is 6. The number of likely N-dealkylation sites (tertiary alicyclic amines) is 1.